The first-order chi connectivity index (χ1) is 23.6. The molecule has 0 heterocycles. The third kappa shape index (κ3) is 10.1. The number of carbonyl (C=O) groups excluding carboxylic acids is 2. The van der Waals surface area contributed by atoms with Gasteiger partial charge in [-0.1, -0.05) is 66.2 Å². The molecule has 0 spiro atoms. The highest BCUT2D eigenvalue weighted by atomic mass is 35.5. The second-order valence-electron chi connectivity index (χ2n) is 11.1. The van der Waals surface area contributed by atoms with Gasteiger partial charge in [0, 0.05) is 30.2 Å². The van der Waals surface area contributed by atoms with Crippen molar-refractivity contribution in [3.63, 3.8) is 0 Å². The summed E-state index contributed by atoms with van der Waals surface area (Å²) < 4.78 is 60.8. The minimum absolute atomic E-state index is 0.0133. The third-order valence-corrected chi connectivity index (χ3v) is 9.16. The van der Waals surface area contributed by atoms with E-state index in [1.54, 1.807) is 36.4 Å². The summed E-state index contributed by atoms with van der Waals surface area (Å²) in [6.07, 6.45) is 0.188. The van der Waals surface area contributed by atoms with Crippen LogP contribution in [0.15, 0.2) is 132 Å². The molecule has 0 aliphatic rings. The Balaban J connectivity index is 1.34. The molecule has 5 rings (SSSR count). The van der Waals surface area contributed by atoms with Gasteiger partial charge in [-0.3, -0.25) is 14.3 Å². The van der Waals surface area contributed by atoms with Gasteiger partial charge in [-0.15, -0.1) is 0 Å². The van der Waals surface area contributed by atoms with E-state index in [2.05, 4.69) is 10.0 Å². The van der Waals surface area contributed by atoms with Crippen LogP contribution in [0.25, 0.3) is 0 Å². The highest BCUT2D eigenvalue weighted by Crippen LogP contribution is 2.21. The van der Waals surface area contributed by atoms with E-state index in [9.17, 15) is 26.8 Å². The zero-order valence-corrected chi connectivity index (χ0v) is 27.6. The average molecular weight is 704 g/mol. The first-order valence-corrected chi connectivity index (χ1v) is 17.0. The van der Waals surface area contributed by atoms with Crippen molar-refractivity contribution in [1.29, 1.82) is 0 Å². The Kier molecular flexibility index (Phi) is 11.6. The van der Waals surface area contributed by atoms with Crippen LogP contribution in [0.5, 0.6) is 5.75 Å². The van der Waals surface area contributed by atoms with Gasteiger partial charge in [0.25, 0.3) is 15.9 Å². The van der Waals surface area contributed by atoms with E-state index < -0.39 is 46.1 Å². The summed E-state index contributed by atoms with van der Waals surface area (Å²) in [5.74, 6) is -1.66. The predicted molar refractivity (Wildman–Crippen MR) is 183 cm³/mol. The summed E-state index contributed by atoms with van der Waals surface area (Å²) in [5, 5.41) is 3.49. The lowest BCUT2D eigenvalue weighted by Crippen LogP contribution is -2.51. The van der Waals surface area contributed by atoms with Crippen LogP contribution in [0.3, 0.4) is 0 Å². The van der Waals surface area contributed by atoms with E-state index >= 15 is 0 Å². The molecule has 252 valence electrons. The van der Waals surface area contributed by atoms with Crippen LogP contribution in [0.1, 0.15) is 16.7 Å². The number of nitrogens with zero attached hydrogens (tertiary/aromatic N) is 1. The lowest BCUT2D eigenvalue weighted by atomic mass is 10.0. The fourth-order valence-corrected chi connectivity index (χ4v) is 6.11. The van der Waals surface area contributed by atoms with Crippen LogP contribution >= 0.6 is 11.6 Å². The number of hydrogen-bond acceptors (Lipinski definition) is 5. The van der Waals surface area contributed by atoms with Crippen LogP contribution in [0, 0.1) is 11.6 Å². The second kappa shape index (κ2) is 16.2. The molecule has 8 nitrogen and oxygen atoms in total. The molecular formula is C37H32ClF2N3O5S. The second-order valence-corrected chi connectivity index (χ2v) is 13.2. The van der Waals surface area contributed by atoms with Crippen molar-refractivity contribution < 1.29 is 31.5 Å². The molecule has 1 unspecified atom stereocenters. The van der Waals surface area contributed by atoms with E-state index in [-0.39, 0.29) is 35.8 Å². The topological polar surface area (TPSA) is 105 Å². The number of nitrogens with one attached hydrogen (secondary N) is 2. The van der Waals surface area contributed by atoms with E-state index in [1.165, 1.54) is 53.4 Å². The molecule has 0 aliphatic carbocycles. The molecule has 0 radical (unpaired) electrons. The maximum absolute atomic E-state index is 13.9. The first-order valence-electron chi connectivity index (χ1n) is 15.2. The third-order valence-electron chi connectivity index (χ3n) is 7.51. The number of sulfonamides is 1. The van der Waals surface area contributed by atoms with Crippen LogP contribution in [-0.4, -0.2) is 37.8 Å². The SMILES string of the molecule is O=C(NCc1ccc(Cl)cc1)C(Cc1ccccc1)N(Cc1ccc(F)cc1)C(=O)COc1ccc(S(=O)(=O)Nc2ccc(F)cc2)cc1. The van der Waals surface area contributed by atoms with Gasteiger partial charge < -0.3 is 15.0 Å². The Bertz CT molecular complexity index is 1960. The number of ether oxygens (including phenoxy) is 1. The molecule has 2 N–H and O–H groups in total. The van der Waals surface area contributed by atoms with Crippen molar-refractivity contribution in [2.75, 3.05) is 11.3 Å². The highest BCUT2D eigenvalue weighted by molar-refractivity contribution is 7.92. The number of anilines is 1. The highest BCUT2D eigenvalue weighted by Gasteiger charge is 2.31. The zero-order chi connectivity index (χ0) is 34.8. The smallest absolute Gasteiger partial charge is 0.261 e. The Labute approximate surface area is 288 Å². The summed E-state index contributed by atoms with van der Waals surface area (Å²) in [7, 11) is -3.98. The number of carbonyl (C=O) groups is 2. The van der Waals surface area contributed by atoms with E-state index in [1.807, 2.05) is 30.3 Å². The van der Waals surface area contributed by atoms with E-state index in [0.29, 0.717) is 10.6 Å². The summed E-state index contributed by atoms with van der Waals surface area (Å²) in [6.45, 7) is -0.293. The van der Waals surface area contributed by atoms with Crippen LogP contribution in [0.4, 0.5) is 14.5 Å². The maximum atomic E-state index is 13.9. The van der Waals surface area contributed by atoms with Crippen LogP contribution < -0.4 is 14.8 Å². The van der Waals surface area contributed by atoms with Gasteiger partial charge in [-0.2, -0.15) is 0 Å². The number of hydrogen-bond donors (Lipinski definition) is 2. The quantitative estimate of drug-likeness (QED) is 0.133. The molecule has 0 aromatic heterocycles. The molecule has 49 heavy (non-hydrogen) atoms. The molecule has 2 amide bonds. The van der Waals surface area contributed by atoms with Crippen molar-refractivity contribution in [3.8, 4) is 5.75 Å². The standard InChI is InChI=1S/C37H32ClF2N3O5S/c38-29-10-6-27(7-11-29)23-41-37(45)35(22-26-4-2-1-3-5-26)43(24-28-8-12-30(39)13-9-28)36(44)25-48-33-18-20-34(21-19-33)49(46,47)42-32-16-14-31(40)15-17-32/h1-21,35,42H,22-25H2,(H,41,45). The Morgan fingerprint density at radius 1 is 0.735 bits per heavy atom. The fourth-order valence-electron chi connectivity index (χ4n) is 4.92. The van der Waals surface area contributed by atoms with Crippen LogP contribution in [0.2, 0.25) is 5.02 Å². The first kappa shape index (κ1) is 35.1. The van der Waals surface area contributed by atoms with E-state index in [4.69, 9.17) is 16.3 Å². The van der Waals surface area contributed by atoms with Gasteiger partial charge in [0.05, 0.1) is 4.90 Å². The molecule has 0 saturated heterocycles. The summed E-state index contributed by atoms with van der Waals surface area (Å²) >= 11 is 6.01. The summed E-state index contributed by atoms with van der Waals surface area (Å²) in [5.41, 5.74) is 2.42. The Morgan fingerprint density at radius 3 is 1.96 bits per heavy atom. The van der Waals surface area contributed by atoms with Crippen molar-refractivity contribution in [2.24, 2.45) is 0 Å². The molecule has 5 aromatic rings. The van der Waals surface area contributed by atoms with Crippen molar-refractivity contribution in [2.45, 2.75) is 30.4 Å². The molecule has 0 aliphatic heterocycles. The number of benzene rings is 5. The summed E-state index contributed by atoms with van der Waals surface area (Å²) in [6, 6.07) is 31.2. The Hall–Kier alpha value is -5.26. The summed E-state index contributed by atoms with van der Waals surface area (Å²) in [4.78, 5) is 29.0. The largest absolute Gasteiger partial charge is 0.484 e. The maximum Gasteiger partial charge on any atom is 0.261 e. The molecule has 0 saturated carbocycles. The minimum atomic E-state index is -3.98. The predicted octanol–water partition coefficient (Wildman–Crippen LogP) is 6.75. The average Bonchev–Trinajstić information content (AvgIpc) is 3.10. The normalized spacial score (nSPS) is 11.7. The Morgan fingerprint density at radius 2 is 1.33 bits per heavy atom. The van der Waals surface area contributed by atoms with Gasteiger partial charge in [0.2, 0.25) is 5.91 Å². The van der Waals surface area contributed by atoms with Gasteiger partial charge >= 0.3 is 0 Å². The lowest BCUT2D eigenvalue weighted by Gasteiger charge is -2.31. The van der Waals surface area contributed by atoms with Crippen molar-refractivity contribution in [1.82, 2.24) is 10.2 Å². The van der Waals surface area contributed by atoms with Gasteiger partial charge in [0.15, 0.2) is 6.61 Å². The fraction of sp³-hybridized carbons (Fsp3) is 0.135. The van der Waals surface area contributed by atoms with Crippen LogP contribution in [-0.2, 0) is 39.1 Å². The lowest BCUT2D eigenvalue weighted by molar-refractivity contribution is -0.142. The number of rotatable bonds is 14. The molecular weight excluding hydrogens is 672 g/mol. The molecule has 12 heteroatoms. The van der Waals surface area contributed by atoms with Crippen molar-refractivity contribution in [3.05, 3.63) is 161 Å². The van der Waals surface area contributed by atoms with Gasteiger partial charge in [0.1, 0.15) is 23.4 Å². The monoisotopic (exact) mass is 703 g/mol. The zero-order valence-electron chi connectivity index (χ0n) is 26.1. The number of halogens is 3. The van der Waals surface area contributed by atoms with Gasteiger partial charge in [-0.25, -0.2) is 17.2 Å². The molecule has 5 aromatic carbocycles. The van der Waals surface area contributed by atoms with Gasteiger partial charge in [-0.05, 0) is 89.5 Å². The van der Waals surface area contributed by atoms with E-state index in [0.717, 1.165) is 23.3 Å². The molecule has 0 fully saturated rings. The molecule has 1 atom stereocenters. The number of amides is 2. The van der Waals surface area contributed by atoms with Crippen molar-refractivity contribution >= 4 is 39.1 Å². The minimum Gasteiger partial charge on any atom is -0.484 e. The molecule has 0 bridgehead atoms.